The van der Waals surface area contributed by atoms with Gasteiger partial charge >= 0.3 is 0 Å². The zero-order chi connectivity index (χ0) is 8.27. The van der Waals surface area contributed by atoms with E-state index in [1.165, 1.54) is 12.8 Å². The molecule has 64 valence electrons. The molecule has 0 spiro atoms. The van der Waals surface area contributed by atoms with E-state index in [9.17, 15) is 4.79 Å². The molecule has 2 heteroatoms. The van der Waals surface area contributed by atoms with Crippen molar-refractivity contribution in [2.75, 3.05) is 13.7 Å². The summed E-state index contributed by atoms with van der Waals surface area (Å²) in [6.07, 6.45) is 3.15. The van der Waals surface area contributed by atoms with E-state index < -0.39 is 0 Å². The summed E-state index contributed by atoms with van der Waals surface area (Å²) in [7, 11) is 1.73. The fourth-order valence-corrected chi connectivity index (χ4v) is 1.82. The van der Waals surface area contributed by atoms with Crippen molar-refractivity contribution < 1.29 is 9.53 Å². The molecule has 0 bridgehead atoms. The molecule has 0 aromatic carbocycles. The molecule has 0 unspecified atom stereocenters. The van der Waals surface area contributed by atoms with Crippen LogP contribution in [0.2, 0.25) is 0 Å². The molecule has 1 saturated carbocycles. The van der Waals surface area contributed by atoms with Gasteiger partial charge in [-0.25, -0.2) is 0 Å². The lowest BCUT2D eigenvalue weighted by Gasteiger charge is -2.34. The van der Waals surface area contributed by atoms with Gasteiger partial charge in [0.2, 0.25) is 0 Å². The summed E-state index contributed by atoms with van der Waals surface area (Å²) in [5.74, 6) is 1.71. The Morgan fingerprint density at radius 2 is 2.09 bits per heavy atom. The molecular weight excluding hydrogens is 140 g/mol. The predicted octanol–water partition coefficient (Wildman–Crippen LogP) is 1.64. The van der Waals surface area contributed by atoms with Crippen LogP contribution in [-0.2, 0) is 9.53 Å². The van der Waals surface area contributed by atoms with Crippen molar-refractivity contribution in [1.29, 1.82) is 0 Å². The van der Waals surface area contributed by atoms with E-state index in [-0.39, 0.29) is 0 Å². The molecule has 1 aliphatic carbocycles. The molecule has 1 rings (SSSR count). The van der Waals surface area contributed by atoms with Gasteiger partial charge in [-0.15, -0.1) is 0 Å². The van der Waals surface area contributed by atoms with Crippen LogP contribution in [0.3, 0.4) is 0 Å². The van der Waals surface area contributed by atoms with Gasteiger partial charge < -0.3 is 9.53 Å². The Morgan fingerprint density at radius 3 is 2.55 bits per heavy atom. The Kier molecular flexibility index (Phi) is 3.06. The molecule has 0 radical (unpaired) electrons. The summed E-state index contributed by atoms with van der Waals surface area (Å²) in [6, 6.07) is 0. The minimum Gasteiger partial charge on any atom is -0.384 e. The van der Waals surface area contributed by atoms with Crippen molar-refractivity contribution >= 4 is 5.78 Å². The van der Waals surface area contributed by atoms with E-state index in [1.54, 1.807) is 14.0 Å². The van der Waals surface area contributed by atoms with Crippen LogP contribution in [0, 0.1) is 11.8 Å². The van der Waals surface area contributed by atoms with Gasteiger partial charge in [-0.05, 0) is 31.6 Å². The number of methoxy groups -OCH3 is 1. The van der Waals surface area contributed by atoms with Crippen LogP contribution in [0.4, 0.5) is 0 Å². The quantitative estimate of drug-likeness (QED) is 0.618. The number of Topliss-reactive ketones (excluding diaryl/α,β-unsaturated/α-hetero) is 1. The van der Waals surface area contributed by atoms with Crippen molar-refractivity contribution in [2.24, 2.45) is 11.8 Å². The molecule has 0 N–H and O–H groups in total. The van der Waals surface area contributed by atoms with Crippen molar-refractivity contribution in [2.45, 2.75) is 26.2 Å². The maximum Gasteiger partial charge on any atom is 0.130 e. The summed E-state index contributed by atoms with van der Waals surface area (Å²) in [4.78, 5) is 10.7. The molecular formula is C9H16O2. The molecule has 0 amide bonds. The number of rotatable bonds is 4. The SMILES string of the molecule is COCC1CC(CC(C)=O)C1. The Hall–Kier alpha value is -0.370. The Labute approximate surface area is 67.9 Å². The van der Waals surface area contributed by atoms with E-state index in [1.807, 2.05) is 0 Å². The number of hydrogen-bond donors (Lipinski definition) is 0. The van der Waals surface area contributed by atoms with Crippen LogP contribution >= 0.6 is 0 Å². The Balaban J connectivity index is 2.04. The number of carbonyl (C=O) groups is 1. The number of ketones is 1. The molecule has 11 heavy (non-hydrogen) atoms. The molecule has 0 aromatic rings. The summed E-state index contributed by atoms with van der Waals surface area (Å²) in [6.45, 7) is 2.54. The molecule has 0 aliphatic heterocycles. The largest absolute Gasteiger partial charge is 0.384 e. The van der Waals surface area contributed by atoms with E-state index in [2.05, 4.69) is 0 Å². The van der Waals surface area contributed by atoms with Gasteiger partial charge in [0.05, 0.1) is 0 Å². The van der Waals surface area contributed by atoms with Crippen LogP contribution in [-0.4, -0.2) is 19.5 Å². The third kappa shape index (κ3) is 2.62. The average molecular weight is 156 g/mol. The Morgan fingerprint density at radius 1 is 1.45 bits per heavy atom. The lowest BCUT2D eigenvalue weighted by molar-refractivity contribution is -0.119. The second-order valence-corrected chi connectivity index (χ2v) is 3.56. The van der Waals surface area contributed by atoms with Gasteiger partial charge in [0, 0.05) is 20.1 Å². The second-order valence-electron chi connectivity index (χ2n) is 3.56. The average Bonchev–Trinajstić information content (AvgIpc) is 1.82. The lowest BCUT2D eigenvalue weighted by atomic mass is 9.73. The monoisotopic (exact) mass is 156 g/mol. The molecule has 0 heterocycles. The molecule has 2 nitrogen and oxygen atoms in total. The summed E-state index contributed by atoms with van der Waals surface area (Å²) >= 11 is 0. The first-order valence-electron chi connectivity index (χ1n) is 4.20. The highest BCUT2D eigenvalue weighted by Crippen LogP contribution is 2.35. The minimum atomic E-state index is 0.325. The summed E-state index contributed by atoms with van der Waals surface area (Å²) in [5, 5.41) is 0. The van der Waals surface area contributed by atoms with Crippen LogP contribution in [0.5, 0.6) is 0 Å². The molecule has 0 aromatic heterocycles. The fraction of sp³-hybridized carbons (Fsp3) is 0.889. The van der Waals surface area contributed by atoms with Crippen molar-refractivity contribution in [3.05, 3.63) is 0 Å². The highest BCUT2D eigenvalue weighted by molar-refractivity contribution is 5.75. The molecule has 1 fully saturated rings. The maximum atomic E-state index is 10.7. The smallest absolute Gasteiger partial charge is 0.130 e. The van der Waals surface area contributed by atoms with Crippen molar-refractivity contribution in [1.82, 2.24) is 0 Å². The zero-order valence-corrected chi connectivity index (χ0v) is 7.30. The van der Waals surface area contributed by atoms with Gasteiger partial charge in [-0.3, -0.25) is 0 Å². The zero-order valence-electron chi connectivity index (χ0n) is 7.30. The summed E-state index contributed by atoms with van der Waals surface area (Å²) < 4.78 is 5.01. The van der Waals surface area contributed by atoms with E-state index in [4.69, 9.17) is 4.74 Å². The molecule has 0 saturated heterocycles. The normalized spacial score (nSPS) is 29.6. The van der Waals surface area contributed by atoms with Crippen molar-refractivity contribution in [3.8, 4) is 0 Å². The van der Waals surface area contributed by atoms with E-state index >= 15 is 0 Å². The van der Waals surface area contributed by atoms with Crippen molar-refractivity contribution in [3.63, 3.8) is 0 Å². The first-order valence-corrected chi connectivity index (χ1v) is 4.20. The van der Waals surface area contributed by atoms with Crippen LogP contribution in [0.25, 0.3) is 0 Å². The van der Waals surface area contributed by atoms with Gasteiger partial charge in [0.15, 0.2) is 0 Å². The third-order valence-electron chi connectivity index (χ3n) is 2.31. The minimum absolute atomic E-state index is 0.325. The van der Waals surface area contributed by atoms with Gasteiger partial charge in [0.1, 0.15) is 5.78 Å². The first-order chi connectivity index (χ1) is 5.22. The predicted molar refractivity (Wildman–Crippen MR) is 43.4 cm³/mol. The Bertz CT molecular complexity index is 136. The van der Waals surface area contributed by atoms with Crippen LogP contribution in [0.15, 0.2) is 0 Å². The van der Waals surface area contributed by atoms with Gasteiger partial charge in [0.25, 0.3) is 0 Å². The number of ether oxygens (including phenoxy) is 1. The topological polar surface area (TPSA) is 26.3 Å². The lowest BCUT2D eigenvalue weighted by Crippen LogP contribution is -2.28. The van der Waals surface area contributed by atoms with Gasteiger partial charge in [-0.2, -0.15) is 0 Å². The maximum absolute atomic E-state index is 10.7. The van der Waals surface area contributed by atoms with E-state index in [0.717, 1.165) is 18.9 Å². The number of hydrogen-bond acceptors (Lipinski definition) is 2. The highest BCUT2D eigenvalue weighted by atomic mass is 16.5. The van der Waals surface area contributed by atoms with Crippen LogP contribution in [0.1, 0.15) is 26.2 Å². The van der Waals surface area contributed by atoms with E-state index in [0.29, 0.717) is 11.7 Å². The standard InChI is InChI=1S/C9H16O2/c1-7(10)3-8-4-9(5-8)6-11-2/h8-9H,3-6H2,1-2H3. The fourth-order valence-electron chi connectivity index (χ4n) is 1.82. The van der Waals surface area contributed by atoms with Crippen LogP contribution < -0.4 is 0 Å². The third-order valence-corrected chi connectivity index (χ3v) is 2.31. The molecule has 0 atom stereocenters. The van der Waals surface area contributed by atoms with Gasteiger partial charge in [-0.1, -0.05) is 0 Å². The molecule has 1 aliphatic rings. The highest BCUT2D eigenvalue weighted by Gasteiger charge is 2.29. The first kappa shape index (κ1) is 8.72. The summed E-state index contributed by atoms with van der Waals surface area (Å²) in [5.41, 5.74) is 0. The number of carbonyl (C=O) groups excluding carboxylic acids is 1. The second kappa shape index (κ2) is 3.86.